The lowest BCUT2D eigenvalue weighted by molar-refractivity contribution is -0.143. The van der Waals surface area contributed by atoms with Crippen molar-refractivity contribution >= 4 is 22.7 Å². The Bertz CT molecular complexity index is 1710. The van der Waals surface area contributed by atoms with Crippen molar-refractivity contribution in [2.24, 2.45) is 11.8 Å². The molecule has 7 nitrogen and oxygen atoms in total. The van der Waals surface area contributed by atoms with Crippen LogP contribution in [0, 0.1) is 18.8 Å². The van der Waals surface area contributed by atoms with Crippen molar-refractivity contribution in [3.05, 3.63) is 70.3 Å². The molecule has 3 aliphatic carbocycles. The standard InChI is InChI=1S/C35H39F6N7/c1-22-6-5-7-26-16-27(32(42-31(22)26)46(18-23-10-11-23)19-24-12-13-24)21-47(33-43-45-48(44-33)30-8-3-2-4-9-30)20-25-14-28(34(36,37)38)17-29(15-25)35(39,40)41/h5-7,14-17,23-24,30H,2-4,8-13,18-21H2,1H3. The Hall–Kier alpha value is -3.90. The lowest BCUT2D eigenvalue weighted by atomic mass is 9.96. The Morgan fingerprint density at radius 2 is 1.42 bits per heavy atom. The lowest BCUT2D eigenvalue weighted by Crippen LogP contribution is -2.32. The summed E-state index contributed by atoms with van der Waals surface area (Å²) in [5, 5.41) is 14.2. The minimum absolute atomic E-state index is 0.0423. The fraction of sp³-hybridized carbons (Fsp3) is 0.543. The van der Waals surface area contributed by atoms with Gasteiger partial charge in [0.15, 0.2) is 0 Å². The Morgan fingerprint density at radius 3 is 2.02 bits per heavy atom. The molecule has 2 aromatic carbocycles. The van der Waals surface area contributed by atoms with Crippen molar-refractivity contribution < 1.29 is 26.3 Å². The van der Waals surface area contributed by atoms with Crippen LogP contribution in [-0.4, -0.2) is 38.3 Å². The first kappa shape index (κ1) is 32.6. The number of aryl methyl sites for hydroxylation is 1. The molecule has 13 heteroatoms. The van der Waals surface area contributed by atoms with Gasteiger partial charge in [0.25, 0.3) is 5.95 Å². The van der Waals surface area contributed by atoms with Gasteiger partial charge in [-0.1, -0.05) is 42.6 Å². The second kappa shape index (κ2) is 12.9. The summed E-state index contributed by atoms with van der Waals surface area (Å²) in [6.45, 7) is 3.54. The van der Waals surface area contributed by atoms with Crippen molar-refractivity contribution in [3.8, 4) is 0 Å². The molecule has 0 saturated heterocycles. The van der Waals surface area contributed by atoms with E-state index in [2.05, 4.69) is 20.3 Å². The van der Waals surface area contributed by atoms with Crippen LogP contribution < -0.4 is 9.80 Å². The van der Waals surface area contributed by atoms with E-state index < -0.39 is 23.5 Å². The van der Waals surface area contributed by atoms with Gasteiger partial charge in [0.2, 0.25) is 0 Å². The molecule has 0 aliphatic heterocycles. The van der Waals surface area contributed by atoms with E-state index >= 15 is 0 Å². The summed E-state index contributed by atoms with van der Waals surface area (Å²) in [6.07, 6.45) is -0.358. The molecule has 7 rings (SSSR count). The number of para-hydroxylation sites is 1. The third-order valence-electron chi connectivity index (χ3n) is 9.74. The van der Waals surface area contributed by atoms with Gasteiger partial charge in [0.1, 0.15) is 5.82 Å². The van der Waals surface area contributed by atoms with Crippen LogP contribution >= 0.6 is 0 Å². The van der Waals surface area contributed by atoms with Gasteiger partial charge in [0.05, 0.1) is 22.7 Å². The highest BCUT2D eigenvalue weighted by molar-refractivity contribution is 5.84. The molecule has 0 unspecified atom stereocenters. The molecule has 2 aromatic heterocycles. The first-order chi connectivity index (χ1) is 22.9. The number of hydrogen-bond acceptors (Lipinski definition) is 6. The van der Waals surface area contributed by atoms with E-state index in [1.165, 1.54) is 0 Å². The van der Waals surface area contributed by atoms with Crippen LogP contribution in [0.5, 0.6) is 0 Å². The fourth-order valence-corrected chi connectivity index (χ4v) is 6.79. The predicted octanol–water partition coefficient (Wildman–Crippen LogP) is 8.91. The second-order valence-corrected chi connectivity index (χ2v) is 13.9. The third-order valence-corrected chi connectivity index (χ3v) is 9.74. The van der Waals surface area contributed by atoms with E-state index in [1.54, 1.807) is 9.70 Å². The zero-order valence-corrected chi connectivity index (χ0v) is 26.9. The van der Waals surface area contributed by atoms with Crippen LogP contribution in [0.1, 0.15) is 91.6 Å². The van der Waals surface area contributed by atoms with Gasteiger partial charge < -0.3 is 9.80 Å². The van der Waals surface area contributed by atoms with Gasteiger partial charge in [-0.05, 0) is 97.9 Å². The highest BCUT2D eigenvalue weighted by Crippen LogP contribution is 2.39. The quantitative estimate of drug-likeness (QED) is 0.149. The number of tetrazole rings is 1. The van der Waals surface area contributed by atoms with Crippen LogP contribution in [0.15, 0.2) is 42.5 Å². The molecule has 3 aliphatic rings. The Morgan fingerprint density at radius 1 is 0.771 bits per heavy atom. The van der Waals surface area contributed by atoms with Crippen LogP contribution in [0.25, 0.3) is 10.9 Å². The van der Waals surface area contributed by atoms with Gasteiger partial charge >= 0.3 is 12.4 Å². The first-order valence-corrected chi connectivity index (χ1v) is 16.9. The summed E-state index contributed by atoms with van der Waals surface area (Å²) in [7, 11) is 0. The molecule has 256 valence electrons. The number of aromatic nitrogens is 5. The summed E-state index contributed by atoms with van der Waals surface area (Å²) in [6, 6.07) is 9.74. The van der Waals surface area contributed by atoms with E-state index in [0.717, 1.165) is 111 Å². The number of pyridine rings is 1. The maximum absolute atomic E-state index is 13.9. The number of rotatable bonds is 11. The summed E-state index contributed by atoms with van der Waals surface area (Å²) >= 11 is 0. The van der Waals surface area contributed by atoms with Crippen LogP contribution in [0.2, 0.25) is 0 Å². The zero-order chi connectivity index (χ0) is 33.6. The summed E-state index contributed by atoms with van der Waals surface area (Å²) in [4.78, 5) is 10.7. The van der Waals surface area contributed by atoms with E-state index in [9.17, 15) is 26.3 Å². The molecule has 0 radical (unpaired) electrons. The number of anilines is 2. The highest BCUT2D eigenvalue weighted by Gasteiger charge is 2.37. The van der Waals surface area contributed by atoms with Crippen molar-refractivity contribution in [1.82, 2.24) is 25.2 Å². The SMILES string of the molecule is Cc1cccc2cc(CN(Cc3cc(C(F)(F)F)cc(C(F)(F)F)c3)c3nnn(C4CCCCC4)n3)c(N(CC3CC3)CC3CC3)nc12. The summed E-state index contributed by atoms with van der Waals surface area (Å²) in [5.74, 6) is 2.09. The summed E-state index contributed by atoms with van der Waals surface area (Å²) < 4.78 is 83.2. The molecule has 0 bridgehead atoms. The maximum atomic E-state index is 13.9. The molecular weight excluding hydrogens is 632 g/mol. The Balaban J connectivity index is 1.32. The smallest absolute Gasteiger partial charge is 0.356 e. The van der Waals surface area contributed by atoms with E-state index in [0.29, 0.717) is 11.8 Å². The number of alkyl halides is 6. The van der Waals surface area contributed by atoms with Crippen molar-refractivity contribution in [2.75, 3.05) is 22.9 Å². The molecular formula is C35H39F6N7. The minimum atomic E-state index is -4.96. The van der Waals surface area contributed by atoms with Gasteiger partial charge in [-0.25, -0.2) is 4.98 Å². The maximum Gasteiger partial charge on any atom is 0.416 e. The Labute approximate surface area is 275 Å². The monoisotopic (exact) mass is 671 g/mol. The second-order valence-electron chi connectivity index (χ2n) is 13.9. The van der Waals surface area contributed by atoms with E-state index in [-0.39, 0.29) is 36.7 Å². The van der Waals surface area contributed by atoms with Crippen LogP contribution in [0.3, 0.4) is 0 Å². The average Bonchev–Trinajstić information content (AvgIpc) is 3.99. The number of nitrogens with zero attached hydrogens (tertiary/aromatic N) is 7. The van der Waals surface area contributed by atoms with Gasteiger partial charge in [0, 0.05) is 37.1 Å². The lowest BCUT2D eigenvalue weighted by Gasteiger charge is -2.29. The van der Waals surface area contributed by atoms with Crippen molar-refractivity contribution in [3.63, 3.8) is 0 Å². The summed E-state index contributed by atoms with van der Waals surface area (Å²) in [5.41, 5.74) is -0.148. The first-order valence-electron chi connectivity index (χ1n) is 16.9. The fourth-order valence-electron chi connectivity index (χ4n) is 6.79. The molecule has 3 saturated carbocycles. The molecule has 4 aromatic rings. The van der Waals surface area contributed by atoms with E-state index in [1.807, 2.05) is 31.2 Å². The van der Waals surface area contributed by atoms with Crippen molar-refractivity contribution in [2.45, 2.75) is 96.2 Å². The molecule has 48 heavy (non-hydrogen) atoms. The average molecular weight is 672 g/mol. The van der Waals surface area contributed by atoms with Gasteiger partial charge in [-0.2, -0.15) is 31.1 Å². The van der Waals surface area contributed by atoms with Crippen LogP contribution in [-0.2, 0) is 25.4 Å². The molecule has 2 heterocycles. The predicted molar refractivity (Wildman–Crippen MR) is 170 cm³/mol. The number of halogens is 6. The number of hydrogen-bond donors (Lipinski definition) is 0. The molecule has 0 N–H and O–H groups in total. The minimum Gasteiger partial charge on any atom is -0.356 e. The molecule has 0 atom stereocenters. The van der Waals surface area contributed by atoms with Gasteiger partial charge in [-0.15, -0.1) is 5.10 Å². The normalized spacial score (nSPS) is 17.6. The van der Waals surface area contributed by atoms with Crippen molar-refractivity contribution in [1.29, 1.82) is 0 Å². The highest BCUT2D eigenvalue weighted by atomic mass is 19.4. The number of fused-ring (bicyclic) bond motifs is 1. The topological polar surface area (TPSA) is 63.0 Å². The largest absolute Gasteiger partial charge is 0.416 e. The van der Waals surface area contributed by atoms with E-state index in [4.69, 9.17) is 4.98 Å². The third kappa shape index (κ3) is 7.54. The van der Waals surface area contributed by atoms with Gasteiger partial charge in [-0.3, -0.25) is 0 Å². The molecule has 0 spiro atoms. The van der Waals surface area contributed by atoms with Crippen LogP contribution in [0.4, 0.5) is 38.1 Å². The molecule has 0 amide bonds. The zero-order valence-electron chi connectivity index (χ0n) is 26.9. The Kier molecular flexibility index (Phi) is 8.74. The molecule has 3 fully saturated rings. The number of benzene rings is 2.